The van der Waals surface area contributed by atoms with Crippen LogP contribution in [0.25, 0.3) is 0 Å². The Balaban J connectivity index is 2.56. The Labute approximate surface area is 96.6 Å². The molecule has 1 atom stereocenters. The average Bonchev–Trinajstić information content (AvgIpc) is 2.19. The number of hydrogen-bond donors (Lipinski definition) is 0. The molecule has 0 bridgehead atoms. The second-order valence-electron chi connectivity index (χ2n) is 3.49. The summed E-state index contributed by atoms with van der Waals surface area (Å²) in [6.07, 6.45) is 2.96. The van der Waals surface area contributed by atoms with Crippen LogP contribution >= 0.6 is 11.6 Å². The lowest BCUT2D eigenvalue weighted by Crippen LogP contribution is -2.05. The molecule has 0 aromatic carbocycles. The number of rotatable bonds is 6. The first kappa shape index (κ1) is 12.3. The highest BCUT2D eigenvalue weighted by Gasteiger charge is 2.06. The van der Waals surface area contributed by atoms with Gasteiger partial charge in [0.25, 0.3) is 0 Å². The first-order valence-electron chi connectivity index (χ1n) is 5.49. The van der Waals surface area contributed by atoms with Gasteiger partial charge in [-0.2, -0.15) is 0 Å². The van der Waals surface area contributed by atoms with E-state index in [1.807, 2.05) is 25.1 Å². The van der Waals surface area contributed by atoms with Crippen molar-refractivity contribution in [2.75, 3.05) is 6.61 Å². The van der Waals surface area contributed by atoms with E-state index >= 15 is 0 Å². The molecule has 84 valence electrons. The SMILES string of the molecule is CCCC(Cl)Cc1cccc(OCC)n1. The molecule has 15 heavy (non-hydrogen) atoms. The summed E-state index contributed by atoms with van der Waals surface area (Å²) in [7, 11) is 0. The van der Waals surface area contributed by atoms with Gasteiger partial charge in [-0.25, -0.2) is 4.98 Å². The Kier molecular flexibility index (Phi) is 5.48. The number of pyridine rings is 1. The molecular weight excluding hydrogens is 210 g/mol. The lowest BCUT2D eigenvalue weighted by atomic mass is 10.1. The summed E-state index contributed by atoms with van der Waals surface area (Å²) in [6, 6.07) is 5.83. The molecule has 1 aromatic heterocycles. The van der Waals surface area contributed by atoms with Gasteiger partial charge in [0.2, 0.25) is 5.88 Å². The largest absolute Gasteiger partial charge is 0.478 e. The minimum atomic E-state index is 0.180. The van der Waals surface area contributed by atoms with Crippen LogP contribution < -0.4 is 4.74 Å². The van der Waals surface area contributed by atoms with E-state index in [-0.39, 0.29) is 5.38 Å². The van der Waals surface area contributed by atoms with Gasteiger partial charge in [-0.3, -0.25) is 0 Å². The van der Waals surface area contributed by atoms with E-state index in [0.717, 1.165) is 25.0 Å². The molecule has 1 rings (SSSR count). The molecule has 0 N–H and O–H groups in total. The molecule has 0 spiro atoms. The van der Waals surface area contributed by atoms with Crippen molar-refractivity contribution in [1.82, 2.24) is 4.98 Å². The Morgan fingerprint density at radius 2 is 2.20 bits per heavy atom. The van der Waals surface area contributed by atoms with Crippen LogP contribution in [0.2, 0.25) is 0 Å². The van der Waals surface area contributed by atoms with Crippen molar-refractivity contribution in [3.63, 3.8) is 0 Å². The predicted molar refractivity (Wildman–Crippen MR) is 63.7 cm³/mol. The minimum Gasteiger partial charge on any atom is -0.478 e. The van der Waals surface area contributed by atoms with Crippen LogP contribution in [0, 0.1) is 0 Å². The molecule has 3 heteroatoms. The van der Waals surface area contributed by atoms with E-state index in [1.165, 1.54) is 0 Å². The molecule has 0 saturated carbocycles. The number of hydrogen-bond acceptors (Lipinski definition) is 2. The Morgan fingerprint density at radius 1 is 1.40 bits per heavy atom. The molecule has 0 fully saturated rings. The van der Waals surface area contributed by atoms with Crippen LogP contribution in [0.15, 0.2) is 18.2 Å². The molecule has 0 amide bonds. The highest BCUT2D eigenvalue weighted by atomic mass is 35.5. The first-order valence-corrected chi connectivity index (χ1v) is 5.92. The maximum atomic E-state index is 6.16. The number of aromatic nitrogens is 1. The summed E-state index contributed by atoms with van der Waals surface area (Å²) in [5.74, 6) is 0.690. The van der Waals surface area contributed by atoms with E-state index < -0.39 is 0 Å². The van der Waals surface area contributed by atoms with Gasteiger partial charge in [-0.1, -0.05) is 19.4 Å². The third-order valence-corrected chi connectivity index (χ3v) is 2.48. The van der Waals surface area contributed by atoms with Crippen molar-refractivity contribution < 1.29 is 4.74 Å². The van der Waals surface area contributed by atoms with Crippen LogP contribution in [0.5, 0.6) is 5.88 Å². The third kappa shape index (κ3) is 4.52. The van der Waals surface area contributed by atoms with Gasteiger partial charge in [-0.15, -0.1) is 11.6 Å². The average molecular weight is 228 g/mol. The first-order chi connectivity index (χ1) is 7.26. The zero-order valence-electron chi connectivity index (χ0n) is 9.37. The summed E-state index contributed by atoms with van der Waals surface area (Å²) in [4.78, 5) is 4.38. The zero-order chi connectivity index (χ0) is 11.1. The minimum absolute atomic E-state index is 0.180. The van der Waals surface area contributed by atoms with Crippen LogP contribution in [0.3, 0.4) is 0 Å². The van der Waals surface area contributed by atoms with E-state index in [2.05, 4.69) is 11.9 Å². The van der Waals surface area contributed by atoms with Crippen molar-refractivity contribution in [1.29, 1.82) is 0 Å². The van der Waals surface area contributed by atoms with Crippen molar-refractivity contribution in [2.45, 2.75) is 38.5 Å². The van der Waals surface area contributed by atoms with Crippen LogP contribution in [0.1, 0.15) is 32.4 Å². The van der Waals surface area contributed by atoms with Gasteiger partial charge < -0.3 is 4.74 Å². The molecule has 1 heterocycles. The lowest BCUT2D eigenvalue weighted by Gasteiger charge is -2.08. The molecule has 0 aliphatic heterocycles. The molecule has 1 unspecified atom stereocenters. The summed E-state index contributed by atoms with van der Waals surface area (Å²) in [6.45, 7) is 4.74. The molecule has 0 radical (unpaired) electrons. The second-order valence-corrected chi connectivity index (χ2v) is 4.11. The summed E-state index contributed by atoms with van der Waals surface area (Å²) in [5.41, 5.74) is 1.01. The predicted octanol–water partition coefficient (Wildman–Crippen LogP) is 3.43. The normalized spacial score (nSPS) is 12.5. The van der Waals surface area contributed by atoms with Gasteiger partial charge in [0, 0.05) is 23.6 Å². The fourth-order valence-electron chi connectivity index (χ4n) is 1.44. The molecule has 1 aromatic rings. The standard InChI is InChI=1S/C12H18ClNO/c1-3-6-10(13)9-11-7-5-8-12(14-11)15-4-2/h5,7-8,10H,3-4,6,9H2,1-2H3. The number of halogens is 1. The Bertz CT molecular complexity index is 291. The fourth-order valence-corrected chi connectivity index (χ4v) is 1.82. The van der Waals surface area contributed by atoms with Crippen molar-refractivity contribution in [3.8, 4) is 5.88 Å². The van der Waals surface area contributed by atoms with Gasteiger partial charge in [-0.05, 0) is 19.4 Å². The lowest BCUT2D eigenvalue weighted by molar-refractivity contribution is 0.325. The van der Waals surface area contributed by atoms with Crippen LogP contribution in [0.4, 0.5) is 0 Å². The zero-order valence-corrected chi connectivity index (χ0v) is 10.1. The number of nitrogens with zero attached hydrogens (tertiary/aromatic N) is 1. The highest BCUT2D eigenvalue weighted by Crippen LogP contribution is 2.14. The van der Waals surface area contributed by atoms with Crippen molar-refractivity contribution in [2.24, 2.45) is 0 Å². The van der Waals surface area contributed by atoms with Gasteiger partial charge in [0.05, 0.1) is 6.61 Å². The number of ether oxygens (including phenoxy) is 1. The summed E-state index contributed by atoms with van der Waals surface area (Å²) in [5, 5.41) is 0.180. The van der Waals surface area contributed by atoms with Gasteiger partial charge >= 0.3 is 0 Å². The van der Waals surface area contributed by atoms with E-state index in [1.54, 1.807) is 0 Å². The van der Waals surface area contributed by atoms with Crippen LogP contribution in [-0.4, -0.2) is 17.0 Å². The third-order valence-electron chi connectivity index (χ3n) is 2.11. The monoisotopic (exact) mass is 227 g/mol. The van der Waals surface area contributed by atoms with E-state index in [9.17, 15) is 0 Å². The van der Waals surface area contributed by atoms with Gasteiger partial charge in [0.15, 0.2) is 0 Å². The second kappa shape index (κ2) is 6.67. The van der Waals surface area contributed by atoms with E-state index in [4.69, 9.17) is 16.3 Å². The van der Waals surface area contributed by atoms with Crippen molar-refractivity contribution in [3.05, 3.63) is 23.9 Å². The smallest absolute Gasteiger partial charge is 0.213 e. The van der Waals surface area contributed by atoms with Crippen molar-refractivity contribution >= 4 is 11.6 Å². The quantitative estimate of drug-likeness (QED) is 0.695. The topological polar surface area (TPSA) is 22.1 Å². The Morgan fingerprint density at radius 3 is 2.87 bits per heavy atom. The molecular formula is C12H18ClNO. The Hall–Kier alpha value is -0.760. The molecule has 0 aliphatic carbocycles. The maximum absolute atomic E-state index is 6.16. The number of alkyl halides is 1. The summed E-state index contributed by atoms with van der Waals surface area (Å²) >= 11 is 6.16. The highest BCUT2D eigenvalue weighted by molar-refractivity contribution is 6.20. The molecule has 0 saturated heterocycles. The fraction of sp³-hybridized carbons (Fsp3) is 0.583. The van der Waals surface area contributed by atoms with E-state index in [0.29, 0.717) is 12.5 Å². The summed E-state index contributed by atoms with van der Waals surface area (Å²) < 4.78 is 5.33. The van der Waals surface area contributed by atoms with Crippen LogP contribution in [-0.2, 0) is 6.42 Å². The molecule has 0 aliphatic rings. The maximum Gasteiger partial charge on any atom is 0.213 e. The molecule has 2 nitrogen and oxygen atoms in total. The van der Waals surface area contributed by atoms with Gasteiger partial charge in [0.1, 0.15) is 0 Å².